The van der Waals surface area contributed by atoms with Gasteiger partial charge >= 0.3 is 6.09 Å². The first-order valence-electron chi connectivity index (χ1n) is 5.52. The number of anilines is 1. The molecule has 0 radical (unpaired) electrons. The van der Waals surface area contributed by atoms with E-state index in [1.807, 2.05) is 19.1 Å². The molecule has 5 heteroatoms. The van der Waals surface area contributed by atoms with Gasteiger partial charge in [0.15, 0.2) is 0 Å². The Morgan fingerprint density at radius 3 is 2.82 bits per heavy atom. The van der Waals surface area contributed by atoms with Crippen molar-refractivity contribution in [1.82, 2.24) is 0 Å². The third kappa shape index (κ3) is 3.64. The van der Waals surface area contributed by atoms with Crippen molar-refractivity contribution in [1.29, 1.82) is 0 Å². The standard InChI is InChI=1S/C12H18N2O3/c1-3-7-17-12(15)14-11-9(8-13)5-4-6-10(11)16-2/h4-6H,3,7-8,13H2,1-2H3,(H,14,15). The Hall–Kier alpha value is -1.75. The number of ether oxygens (including phenoxy) is 2. The molecule has 0 saturated heterocycles. The van der Waals surface area contributed by atoms with Gasteiger partial charge in [-0.1, -0.05) is 19.1 Å². The molecule has 94 valence electrons. The fraction of sp³-hybridized carbons (Fsp3) is 0.417. The second-order valence-electron chi connectivity index (χ2n) is 3.46. The van der Waals surface area contributed by atoms with Gasteiger partial charge in [-0.25, -0.2) is 4.79 Å². The number of nitrogens with two attached hydrogens (primary N) is 1. The van der Waals surface area contributed by atoms with Crippen LogP contribution >= 0.6 is 0 Å². The molecule has 0 aliphatic carbocycles. The molecule has 1 aromatic carbocycles. The molecule has 0 heterocycles. The number of amides is 1. The largest absolute Gasteiger partial charge is 0.495 e. The normalized spacial score (nSPS) is 9.82. The maximum atomic E-state index is 11.5. The number of rotatable bonds is 5. The van der Waals surface area contributed by atoms with Crippen LogP contribution in [0, 0.1) is 0 Å². The van der Waals surface area contributed by atoms with Crippen LogP contribution in [0.1, 0.15) is 18.9 Å². The number of benzene rings is 1. The van der Waals surface area contributed by atoms with Gasteiger partial charge in [-0.15, -0.1) is 0 Å². The van der Waals surface area contributed by atoms with Gasteiger partial charge in [0.25, 0.3) is 0 Å². The van der Waals surface area contributed by atoms with Crippen LogP contribution in [-0.2, 0) is 11.3 Å². The molecule has 0 bridgehead atoms. The monoisotopic (exact) mass is 238 g/mol. The Kier molecular flexibility index (Phi) is 5.29. The van der Waals surface area contributed by atoms with Crippen LogP contribution < -0.4 is 15.8 Å². The van der Waals surface area contributed by atoms with E-state index in [1.165, 1.54) is 7.11 Å². The topological polar surface area (TPSA) is 73.6 Å². The van der Waals surface area contributed by atoms with Crippen molar-refractivity contribution in [2.75, 3.05) is 19.0 Å². The average Bonchev–Trinajstić information content (AvgIpc) is 2.36. The first-order valence-corrected chi connectivity index (χ1v) is 5.52. The smallest absolute Gasteiger partial charge is 0.411 e. The van der Waals surface area contributed by atoms with Crippen molar-refractivity contribution in [2.24, 2.45) is 5.73 Å². The summed E-state index contributed by atoms with van der Waals surface area (Å²) in [5.74, 6) is 0.571. The zero-order valence-corrected chi connectivity index (χ0v) is 10.2. The van der Waals surface area contributed by atoms with Crippen LogP contribution in [-0.4, -0.2) is 19.8 Å². The van der Waals surface area contributed by atoms with Crippen molar-refractivity contribution in [3.63, 3.8) is 0 Å². The molecular weight excluding hydrogens is 220 g/mol. The van der Waals surface area contributed by atoms with Gasteiger partial charge in [-0.3, -0.25) is 5.32 Å². The highest BCUT2D eigenvalue weighted by atomic mass is 16.5. The number of hydrogen-bond acceptors (Lipinski definition) is 4. The molecule has 1 aromatic rings. The minimum Gasteiger partial charge on any atom is -0.495 e. The molecule has 1 rings (SSSR count). The van der Waals surface area contributed by atoms with Gasteiger partial charge in [-0.2, -0.15) is 0 Å². The van der Waals surface area contributed by atoms with Crippen molar-refractivity contribution < 1.29 is 14.3 Å². The summed E-state index contributed by atoms with van der Waals surface area (Å²) in [4.78, 5) is 11.5. The maximum absolute atomic E-state index is 11.5. The fourth-order valence-corrected chi connectivity index (χ4v) is 1.39. The Morgan fingerprint density at radius 2 is 2.24 bits per heavy atom. The highest BCUT2D eigenvalue weighted by Gasteiger charge is 2.11. The van der Waals surface area contributed by atoms with E-state index in [4.69, 9.17) is 15.2 Å². The van der Waals surface area contributed by atoms with Crippen LogP contribution in [0.15, 0.2) is 18.2 Å². The summed E-state index contributed by atoms with van der Waals surface area (Å²) in [6, 6.07) is 5.41. The van der Waals surface area contributed by atoms with Gasteiger partial charge < -0.3 is 15.2 Å². The van der Waals surface area contributed by atoms with E-state index in [0.717, 1.165) is 12.0 Å². The van der Waals surface area contributed by atoms with Crippen LogP contribution in [0.2, 0.25) is 0 Å². The van der Waals surface area contributed by atoms with E-state index in [9.17, 15) is 4.79 Å². The second kappa shape index (κ2) is 6.75. The Balaban J connectivity index is 2.83. The highest BCUT2D eigenvalue weighted by Crippen LogP contribution is 2.28. The Labute approximate surface area is 101 Å². The highest BCUT2D eigenvalue weighted by molar-refractivity contribution is 5.88. The van der Waals surface area contributed by atoms with Crippen LogP contribution in [0.3, 0.4) is 0 Å². The summed E-state index contributed by atoms with van der Waals surface area (Å²) < 4.78 is 10.1. The Bertz CT molecular complexity index is 358. The minimum absolute atomic E-state index is 0.320. The lowest BCUT2D eigenvalue weighted by atomic mass is 10.1. The molecule has 0 spiro atoms. The fourth-order valence-electron chi connectivity index (χ4n) is 1.39. The quantitative estimate of drug-likeness (QED) is 0.824. The summed E-state index contributed by atoms with van der Waals surface area (Å²) >= 11 is 0. The second-order valence-corrected chi connectivity index (χ2v) is 3.46. The lowest BCUT2D eigenvalue weighted by Gasteiger charge is -2.13. The Morgan fingerprint density at radius 1 is 1.47 bits per heavy atom. The summed E-state index contributed by atoms with van der Waals surface area (Å²) in [6.07, 6.45) is 0.286. The first kappa shape index (κ1) is 13.3. The number of carbonyl (C=O) groups is 1. The molecule has 0 atom stereocenters. The van der Waals surface area contributed by atoms with Gasteiger partial charge in [-0.05, 0) is 18.1 Å². The molecule has 1 amide bonds. The molecule has 3 N–H and O–H groups in total. The van der Waals surface area contributed by atoms with E-state index < -0.39 is 6.09 Å². The zero-order valence-electron chi connectivity index (χ0n) is 10.2. The van der Waals surface area contributed by atoms with Gasteiger partial charge in [0.1, 0.15) is 5.75 Å². The molecule has 0 fully saturated rings. The number of methoxy groups -OCH3 is 1. The lowest BCUT2D eigenvalue weighted by molar-refractivity contribution is 0.161. The van der Waals surface area contributed by atoms with Gasteiger partial charge in [0, 0.05) is 6.54 Å². The number of para-hydroxylation sites is 1. The molecule has 0 saturated carbocycles. The van der Waals surface area contributed by atoms with Crippen LogP contribution in [0.5, 0.6) is 5.75 Å². The molecule has 17 heavy (non-hydrogen) atoms. The zero-order chi connectivity index (χ0) is 12.7. The van der Waals surface area contributed by atoms with Crippen LogP contribution in [0.4, 0.5) is 10.5 Å². The number of nitrogens with one attached hydrogen (secondary N) is 1. The number of carbonyl (C=O) groups excluding carboxylic acids is 1. The minimum atomic E-state index is -0.494. The SMILES string of the molecule is CCCOC(=O)Nc1c(CN)cccc1OC. The predicted molar refractivity (Wildman–Crippen MR) is 66.1 cm³/mol. The first-order chi connectivity index (χ1) is 8.22. The maximum Gasteiger partial charge on any atom is 0.411 e. The van der Waals surface area contributed by atoms with E-state index >= 15 is 0 Å². The van der Waals surface area contributed by atoms with Gasteiger partial charge in [0.2, 0.25) is 0 Å². The third-order valence-electron chi connectivity index (χ3n) is 2.22. The molecule has 0 unspecified atom stereocenters. The molecule has 0 aromatic heterocycles. The molecular formula is C12H18N2O3. The predicted octanol–water partition coefficient (Wildman–Crippen LogP) is 2.11. The summed E-state index contributed by atoms with van der Waals surface area (Å²) in [5, 5.41) is 2.65. The summed E-state index contributed by atoms with van der Waals surface area (Å²) in [5.41, 5.74) is 6.97. The lowest BCUT2D eigenvalue weighted by Crippen LogP contribution is -2.16. The molecule has 0 aliphatic heterocycles. The van der Waals surface area contributed by atoms with Crippen molar-refractivity contribution >= 4 is 11.8 Å². The van der Waals surface area contributed by atoms with Crippen molar-refractivity contribution in [2.45, 2.75) is 19.9 Å². The summed E-state index contributed by atoms with van der Waals surface area (Å²) in [7, 11) is 1.54. The molecule has 5 nitrogen and oxygen atoms in total. The van der Waals surface area contributed by atoms with Crippen LogP contribution in [0.25, 0.3) is 0 Å². The number of hydrogen-bond donors (Lipinski definition) is 2. The van der Waals surface area contributed by atoms with Crippen molar-refractivity contribution in [3.05, 3.63) is 23.8 Å². The van der Waals surface area contributed by atoms with E-state index in [1.54, 1.807) is 6.07 Å². The summed E-state index contributed by atoms with van der Waals surface area (Å²) in [6.45, 7) is 2.64. The average molecular weight is 238 g/mol. The molecule has 0 aliphatic rings. The van der Waals surface area contributed by atoms with E-state index in [0.29, 0.717) is 24.6 Å². The van der Waals surface area contributed by atoms with Crippen molar-refractivity contribution in [3.8, 4) is 5.75 Å². The third-order valence-corrected chi connectivity index (χ3v) is 2.22. The van der Waals surface area contributed by atoms with Gasteiger partial charge in [0.05, 0.1) is 19.4 Å². The van der Waals surface area contributed by atoms with E-state index in [2.05, 4.69) is 5.32 Å². The van der Waals surface area contributed by atoms with E-state index in [-0.39, 0.29) is 0 Å².